The fraction of sp³-hybridized carbons (Fsp3) is 0.385. The second kappa shape index (κ2) is 10.7. The summed E-state index contributed by atoms with van der Waals surface area (Å²) in [7, 11) is 3.08. The van der Waals surface area contributed by atoms with Crippen molar-refractivity contribution in [2.75, 3.05) is 53.6 Å². The van der Waals surface area contributed by atoms with Gasteiger partial charge in [0.2, 0.25) is 0 Å². The van der Waals surface area contributed by atoms with Gasteiger partial charge in [0, 0.05) is 43.4 Å². The Kier molecular flexibility index (Phi) is 7.49. The van der Waals surface area contributed by atoms with Crippen LogP contribution in [0.4, 0.5) is 0 Å². The Morgan fingerprint density at radius 3 is 2.44 bits per heavy atom. The highest BCUT2D eigenvalue weighted by Gasteiger charge is 2.46. The molecule has 2 heterocycles. The second-order valence-electron chi connectivity index (χ2n) is 8.27. The lowest BCUT2D eigenvalue weighted by molar-refractivity contribution is -0.140. The Balaban J connectivity index is 1.72. The van der Waals surface area contributed by atoms with Crippen LogP contribution in [0.15, 0.2) is 54.1 Å². The Bertz CT molecular complexity index is 1060. The van der Waals surface area contributed by atoms with Crippen molar-refractivity contribution in [1.82, 2.24) is 9.80 Å². The Morgan fingerprint density at radius 1 is 1.03 bits per heavy atom. The molecule has 0 aromatic heterocycles. The van der Waals surface area contributed by atoms with Crippen molar-refractivity contribution < 1.29 is 28.9 Å². The molecule has 0 saturated carbocycles. The molecule has 2 saturated heterocycles. The standard InChI is InChI=1S/C26H30N2O6/c1-32-19-9-10-20(21(17-19)33-2)23-22(24(29)18-7-4-3-5-8-18)25(30)26(31)28(23)12-6-11-27-13-15-34-16-14-27/h3-5,7-10,17,23,29H,6,11-16H2,1-2H3/b24-22+/t23-/m0/s1. The van der Waals surface area contributed by atoms with Gasteiger partial charge < -0.3 is 24.2 Å². The number of benzene rings is 2. The number of nitrogens with zero attached hydrogens (tertiary/aromatic N) is 2. The number of aliphatic hydroxyl groups excluding tert-OH is 1. The lowest BCUT2D eigenvalue weighted by Crippen LogP contribution is -2.39. The molecule has 2 fully saturated rings. The van der Waals surface area contributed by atoms with E-state index >= 15 is 0 Å². The zero-order valence-electron chi connectivity index (χ0n) is 19.5. The van der Waals surface area contributed by atoms with Crippen LogP contribution >= 0.6 is 0 Å². The lowest BCUT2D eigenvalue weighted by Gasteiger charge is -2.29. The van der Waals surface area contributed by atoms with Gasteiger partial charge in [0.1, 0.15) is 17.3 Å². The molecule has 0 spiro atoms. The number of hydrogen-bond donors (Lipinski definition) is 1. The van der Waals surface area contributed by atoms with Gasteiger partial charge in [-0.05, 0) is 18.6 Å². The van der Waals surface area contributed by atoms with E-state index in [1.165, 1.54) is 7.11 Å². The molecule has 2 aromatic carbocycles. The molecule has 2 aliphatic rings. The van der Waals surface area contributed by atoms with Gasteiger partial charge in [-0.1, -0.05) is 30.3 Å². The van der Waals surface area contributed by atoms with Gasteiger partial charge in [-0.25, -0.2) is 0 Å². The van der Waals surface area contributed by atoms with E-state index in [1.54, 1.807) is 54.5 Å². The van der Waals surface area contributed by atoms with Crippen LogP contribution < -0.4 is 9.47 Å². The number of ether oxygens (including phenoxy) is 3. The van der Waals surface area contributed by atoms with Crippen LogP contribution in [0.1, 0.15) is 23.6 Å². The highest BCUT2D eigenvalue weighted by atomic mass is 16.5. The molecular formula is C26H30N2O6. The van der Waals surface area contributed by atoms with Crippen LogP contribution in [0, 0.1) is 0 Å². The van der Waals surface area contributed by atoms with Crippen LogP contribution in [0.5, 0.6) is 11.5 Å². The van der Waals surface area contributed by atoms with Crippen molar-refractivity contribution in [3.05, 3.63) is 65.2 Å². The first kappa shape index (κ1) is 23.8. The van der Waals surface area contributed by atoms with Gasteiger partial charge in [0.25, 0.3) is 11.7 Å². The minimum Gasteiger partial charge on any atom is -0.507 e. The number of methoxy groups -OCH3 is 2. The van der Waals surface area contributed by atoms with Crippen molar-refractivity contribution in [1.29, 1.82) is 0 Å². The molecule has 1 amide bonds. The molecule has 0 radical (unpaired) electrons. The molecule has 0 unspecified atom stereocenters. The molecule has 2 aromatic rings. The molecule has 8 heteroatoms. The summed E-state index contributed by atoms with van der Waals surface area (Å²) in [6, 6.07) is 13.3. The van der Waals surface area contributed by atoms with Gasteiger partial charge in [0.15, 0.2) is 0 Å². The molecule has 0 bridgehead atoms. The summed E-state index contributed by atoms with van der Waals surface area (Å²) < 4.78 is 16.3. The number of hydrogen-bond acceptors (Lipinski definition) is 7. The molecule has 1 N–H and O–H groups in total. The Morgan fingerprint density at radius 2 is 1.76 bits per heavy atom. The number of morpholine rings is 1. The maximum atomic E-state index is 13.2. The van der Waals surface area contributed by atoms with Crippen molar-refractivity contribution in [2.45, 2.75) is 12.5 Å². The zero-order chi connectivity index (χ0) is 24.1. The van der Waals surface area contributed by atoms with Crippen molar-refractivity contribution in [3.63, 3.8) is 0 Å². The highest BCUT2D eigenvalue weighted by molar-refractivity contribution is 6.46. The first-order valence-electron chi connectivity index (χ1n) is 11.4. The van der Waals surface area contributed by atoms with E-state index in [0.29, 0.717) is 48.8 Å². The fourth-order valence-corrected chi connectivity index (χ4v) is 4.52. The Labute approximate surface area is 199 Å². The third kappa shape index (κ3) is 4.78. The van der Waals surface area contributed by atoms with Crippen molar-refractivity contribution in [3.8, 4) is 11.5 Å². The van der Waals surface area contributed by atoms with Crippen molar-refractivity contribution >= 4 is 17.4 Å². The fourth-order valence-electron chi connectivity index (χ4n) is 4.52. The first-order valence-corrected chi connectivity index (χ1v) is 11.4. The molecule has 8 nitrogen and oxygen atoms in total. The second-order valence-corrected chi connectivity index (χ2v) is 8.27. The number of rotatable bonds is 8. The summed E-state index contributed by atoms with van der Waals surface area (Å²) in [5.41, 5.74) is 1.16. The van der Waals surface area contributed by atoms with Gasteiger partial charge >= 0.3 is 0 Å². The monoisotopic (exact) mass is 466 g/mol. The summed E-state index contributed by atoms with van der Waals surface area (Å²) in [5.74, 6) is -0.452. The number of carbonyl (C=O) groups excluding carboxylic acids is 2. The molecule has 0 aliphatic carbocycles. The van der Waals surface area contributed by atoms with Gasteiger partial charge in [-0.3, -0.25) is 14.5 Å². The summed E-state index contributed by atoms with van der Waals surface area (Å²) in [6.07, 6.45) is 0.688. The predicted octanol–water partition coefficient (Wildman–Crippen LogP) is 2.85. The van der Waals surface area contributed by atoms with Crippen LogP contribution in [-0.2, 0) is 14.3 Å². The quantitative estimate of drug-likeness (QED) is 0.364. The normalized spacial score (nSPS) is 20.5. The average Bonchev–Trinajstić information content (AvgIpc) is 3.13. The minimum atomic E-state index is -0.772. The minimum absolute atomic E-state index is 0.0611. The van der Waals surface area contributed by atoms with Crippen LogP contribution in [0.25, 0.3) is 5.76 Å². The first-order chi connectivity index (χ1) is 16.5. The predicted molar refractivity (Wildman–Crippen MR) is 127 cm³/mol. The smallest absolute Gasteiger partial charge is 0.295 e. The van der Waals surface area contributed by atoms with E-state index in [4.69, 9.17) is 14.2 Å². The van der Waals surface area contributed by atoms with Crippen LogP contribution in [0.3, 0.4) is 0 Å². The van der Waals surface area contributed by atoms with E-state index in [9.17, 15) is 14.7 Å². The highest BCUT2D eigenvalue weighted by Crippen LogP contribution is 2.43. The molecule has 1 atom stereocenters. The topological polar surface area (TPSA) is 88.5 Å². The SMILES string of the molecule is COc1ccc([C@H]2/C(=C(\O)c3ccccc3)C(=O)C(=O)N2CCCN2CCOCC2)c(OC)c1. The summed E-state index contributed by atoms with van der Waals surface area (Å²) in [4.78, 5) is 30.2. The third-order valence-electron chi connectivity index (χ3n) is 6.30. The van der Waals surface area contributed by atoms with Crippen molar-refractivity contribution in [2.24, 2.45) is 0 Å². The van der Waals surface area contributed by atoms with E-state index in [2.05, 4.69) is 4.90 Å². The summed E-state index contributed by atoms with van der Waals surface area (Å²) >= 11 is 0. The molecule has 4 rings (SSSR count). The number of amides is 1. The number of likely N-dealkylation sites (tertiary alicyclic amines) is 1. The zero-order valence-corrected chi connectivity index (χ0v) is 19.5. The van der Waals surface area contributed by atoms with Gasteiger partial charge in [0.05, 0.1) is 39.0 Å². The number of aliphatic hydroxyl groups is 1. The molecule has 34 heavy (non-hydrogen) atoms. The summed E-state index contributed by atoms with van der Waals surface area (Å²) in [6.45, 7) is 4.26. The summed E-state index contributed by atoms with van der Waals surface area (Å²) in [5, 5.41) is 11.1. The largest absolute Gasteiger partial charge is 0.507 e. The van der Waals surface area contributed by atoms with E-state index < -0.39 is 17.7 Å². The van der Waals surface area contributed by atoms with Gasteiger partial charge in [-0.15, -0.1) is 0 Å². The van der Waals surface area contributed by atoms with E-state index in [1.807, 2.05) is 6.07 Å². The maximum Gasteiger partial charge on any atom is 0.295 e. The average molecular weight is 467 g/mol. The number of ketones is 1. The molecule has 180 valence electrons. The third-order valence-corrected chi connectivity index (χ3v) is 6.30. The van der Waals surface area contributed by atoms with E-state index in [0.717, 1.165) is 19.6 Å². The maximum absolute atomic E-state index is 13.2. The number of Topliss-reactive ketones (excluding diaryl/α,β-unsaturated/α-hetero) is 1. The molecular weight excluding hydrogens is 436 g/mol. The Hall–Kier alpha value is -3.36. The number of carbonyl (C=O) groups is 2. The van der Waals surface area contributed by atoms with Gasteiger partial charge in [-0.2, -0.15) is 0 Å². The van der Waals surface area contributed by atoms with Crippen LogP contribution in [-0.4, -0.2) is 80.2 Å². The molecule has 2 aliphatic heterocycles. The van der Waals surface area contributed by atoms with E-state index in [-0.39, 0.29) is 11.3 Å². The van der Waals surface area contributed by atoms with Crippen LogP contribution in [0.2, 0.25) is 0 Å². The lowest BCUT2D eigenvalue weighted by atomic mass is 9.94.